The van der Waals surface area contributed by atoms with Gasteiger partial charge in [0, 0.05) is 24.5 Å². The van der Waals surface area contributed by atoms with Crippen molar-refractivity contribution in [3.8, 4) is 0 Å². The summed E-state index contributed by atoms with van der Waals surface area (Å²) in [5.74, 6) is 1.73. The largest absolute Gasteiger partial charge is 0.365 e. The molecule has 3 heteroatoms. The maximum atomic E-state index is 6.41. The molecule has 6 rings (SSSR count). The van der Waals surface area contributed by atoms with Gasteiger partial charge in [-0.3, -0.25) is 0 Å². The Hall–Kier alpha value is -0.930. The van der Waals surface area contributed by atoms with E-state index in [-0.39, 0.29) is 10.8 Å². The van der Waals surface area contributed by atoms with E-state index in [0.717, 1.165) is 31.3 Å². The van der Waals surface area contributed by atoms with Gasteiger partial charge in [-0.2, -0.15) is 0 Å². The Labute approximate surface area is 169 Å². The number of hydrogen-bond donors (Lipinski definition) is 1. The number of benzene rings is 1. The Balaban J connectivity index is 1.47. The van der Waals surface area contributed by atoms with Crippen LogP contribution in [0.3, 0.4) is 0 Å². The number of nitrogens with two attached hydrogens (primary N) is 1. The molecule has 4 bridgehead atoms. The van der Waals surface area contributed by atoms with E-state index in [1.807, 2.05) is 0 Å². The lowest BCUT2D eigenvalue weighted by atomic mass is 9.42. The second kappa shape index (κ2) is 6.03. The van der Waals surface area contributed by atoms with E-state index in [1.54, 1.807) is 5.56 Å². The standard InChI is InChI=1S/C24H34N2S/c1-22(2)16-26(9-8-20(22)25)21(27)24-13-17-10-18(14-24)12-23(11-17,15-24)19-6-4-3-5-7-19/h3-7,17-18,20H,8-16,25H2,1-2H3/t17?,18?,20-,23?,24?/m0/s1. The first-order chi connectivity index (χ1) is 12.8. The average Bonchev–Trinajstić information content (AvgIpc) is 2.63. The van der Waals surface area contributed by atoms with Crippen molar-refractivity contribution in [3.63, 3.8) is 0 Å². The lowest BCUT2D eigenvalue weighted by Gasteiger charge is -2.63. The topological polar surface area (TPSA) is 29.3 Å². The number of piperidine rings is 1. The van der Waals surface area contributed by atoms with Crippen LogP contribution in [0.4, 0.5) is 0 Å². The van der Waals surface area contributed by atoms with Gasteiger partial charge in [0.2, 0.25) is 0 Å². The number of nitrogens with zero attached hydrogens (tertiary/aromatic N) is 1. The third-order valence-electron chi connectivity index (χ3n) is 8.50. The molecule has 1 aliphatic heterocycles. The quantitative estimate of drug-likeness (QED) is 0.737. The Morgan fingerprint density at radius 2 is 1.74 bits per heavy atom. The van der Waals surface area contributed by atoms with Gasteiger partial charge in [-0.25, -0.2) is 0 Å². The fraction of sp³-hybridized carbons (Fsp3) is 0.708. The molecule has 2 nitrogen and oxygen atoms in total. The molecule has 146 valence electrons. The van der Waals surface area contributed by atoms with Gasteiger partial charge < -0.3 is 10.6 Å². The van der Waals surface area contributed by atoms with Gasteiger partial charge >= 0.3 is 0 Å². The summed E-state index contributed by atoms with van der Waals surface area (Å²) in [5.41, 5.74) is 8.77. The van der Waals surface area contributed by atoms with E-state index in [1.165, 1.54) is 43.5 Å². The van der Waals surface area contributed by atoms with Crippen molar-refractivity contribution in [2.45, 2.75) is 70.3 Å². The maximum absolute atomic E-state index is 6.41. The molecule has 0 amide bonds. The van der Waals surface area contributed by atoms with Crippen LogP contribution in [0.15, 0.2) is 30.3 Å². The lowest BCUT2D eigenvalue weighted by Crippen LogP contribution is -2.62. The van der Waals surface area contributed by atoms with Crippen LogP contribution in [-0.2, 0) is 5.41 Å². The normalized spacial score (nSPS) is 42.3. The molecule has 1 aromatic rings. The zero-order chi connectivity index (χ0) is 18.9. The van der Waals surface area contributed by atoms with Crippen molar-refractivity contribution >= 4 is 17.2 Å². The van der Waals surface area contributed by atoms with Crippen LogP contribution in [0, 0.1) is 22.7 Å². The van der Waals surface area contributed by atoms with Crippen LogP contribution in [-0.4, -0.2) is 29.0 Å². The molecule has 5 aliphatic rings. The lowest BCUT2D eigenvalue weighted by molar-refractivity contribution is -0.0407. The predicted molar refractivity (Wildman–Crippen MR) is 116 cm³/mol. The minimum Gasteiger partial charge on any atom is -0.365 e. The molecule has 2 unspecified atom stereocenters. The third kappa shape index (κ3) is 2.80. The van der Waals surface area contributed by atoms with Crippen LogP contribution >= 0.6 is 12.2 Å². The Bertz CT molecular complexity index is 726. The summed E-state index contributed by atoms with van der Waals surface area (Å²) < 4.78 is 0. The fourth-order valence-electron chi connectivity index (χ4n) is 7.52. The van der Waals surface area contributed by atoms with Crippen LogP contribution in [0.2, 0.25) is 0 Å². The summed E-state index contributed by atoms with van der Waals surface area (Å²) in [6, 6.07) is 11.7. The summed E-state index contributed by atoms with van der Waals surface area (Å²) >= 11 is 6.29. The van der Waals surface area contributed by atoms with E-state index in [0.29, 0.717) is 11.5 Å². The van der Waals surface area contributed by atoms with Gasteiger partial charge in [-0.1, -0.05) is 56.4 Å². The van der Waals surface area contributed by atoms with Crippen LogP contribution in [0.25, 0.3) is 0 Å². The molecule has 3 atom stereocenters. The van der Waals surface area contributed by atoms with Crippen molar-refractivity contribution in [2.75, 3.05) is 13.1 Å². The summed E-state index contributed by atoms with van der Waals surface area (Å²) in [5, 5.41) is 0. The zero-order valence-corrected chi connectivity index (χ0v) is 17.7. The third-order valence-corrected chi connectivity index (χ3v) is 9.19. The van der Waals surface area contributed by atoms with Crippen molar-refractivity contribution in [3.05, 3.63) is 35.9 Å². The Kier molecular flexibility index (Phi) is 4.05. The SMILES string of the molecule is CC1(C)CN(C(=S)C23CC4CC(C2)CC(c2ccccc2)(C4)C3)CC[C@@H]1N. The van der Waals surface area contributed by atoms with E-state index >= 15 is 0 Å². The van der Waals surface area contributed by atoms with Gasteiger partial charge in [-0.05, 0) is 73.2 Å². The zero-order valence-electron chi connectivity index (χ0n) is 16.9. The first-order valence-corrected chi connectivity index (χ1v) is 11.3. The second-order valence-corrected chi connectivity index (χ2v) is 11.4. The van der Waals surface area contributed by atoms with Gasteiger partial charge in [0.05, 0.1) is 4.99 Å². The van der Waals surface area contributed by atoms with Crippen LogP contribution in [0.5, 0.6) is 0 Å². The van der Waals surface area contributed by atoms with Crippen molar-refractivity contribution < 1.29 is 0 Å². The van der Waals surface area contributed by atoms with Crippen LogP contribution < -0.4 is 5.73 Å². The maximum Gasteiger partial charge on any atom is 0.0842 e. The first kappa shape index (κ1) is 18.1. The summed E-state index contributed by atoms with van der Waals surface area (Å²) in [7, 11) is 0. The van der Waals surface area contributed by atoms with E-state index in [4.69, 9.17) is 18.0 Å². The highest BCUT2D eigenvalue weighted by molar-refractivity contribution is 7.80. The summed E-state index contributed by atoms with van der Waals surface area (Å²) in [6.07, 6.45) is 9.22. The molecule has 1 saturated heterocycles. The number of likely N-dealkylation sites (tertiary alicyclic amines) is 1. The summed E-state index contributed by atoms with van der Waals surface area (Å²) in [6.45, 7) is 6.72. The molecule has 5 fully saturated rings. The van der Waals surface area contributed by atoms with Crippen molar-refractivity contribution in [1.82, 2.24) is 4.90 Å². The highest BCUT2D eigenvalue weighted by Crippen LogP contribution is 2.66. The molecule has 0 spiro atoms. The number of thiocarbonyl (C=S) groups is 1. The highest BCUT2D eigenvalue weighted by Gasteiger charge is 2.60. The van der Waals surface area contributed by atoms with Gasteiger partial charge in [0.15, 0.2) is 0 Å². The van der Waals surface area contributed by atoms with E-state index < -0.39 is 0 Å². The molecule has 0 aromatic heterocycles. The summed E-state index contributed by atoms with van der Waals surface area (Å²) in [4.78, 5) is 3.85. The smallest absolute Gasteiger partial charge is 0.0842 e. The average molecular weight is 383 g/mol. The van der Waals surface area contributed by atoms with E-state index in [2.05, 4.69) is 49.1 Å². The monoisotopic (exact) mass is 382 g/mol. The molecular weight excluding hydrogens is 348 g/mol. The molecular formula is C24H34N2S. The molecule has 1 heterocycles. The number of hydrogen-bond acceptors (Lipinski definition) is 2. The Morgan fingerprint density at radius 1 is 1.07 bits per heavy atom. The minimum absolute atomic E-state index is 0.154. The Morgan fingerprint density at radius 3 is 2.37 bits per heavy atom. The molecule has 4 saturated carbocycles. The minimum atomic E-state index is 0.154. The van der Waals surface area contributed by atoms with Crippen molar-refractivity contribution in [2.24, 2.45) is 28.4 Å². The van der Waals surface area contributed by atoms with Crippen molar-refractivity contribution in [1.29, 1.82) is 0 Å². The molecule has 27 heavy (non-hydrogen) atoms. The van der Waals surface area contributed by atoms with Crippen LogP contribution in [0.1, 0.15) is 64.4 Å². The van der Waals surface area contributed by atoms with Gasteiger partial charge in [0.1, 0.15) is 0 Å². The van der Waals surface area contributed by atoms with Gasteiger partial charge in [-0.15, -0.1) is 0 Å². The second-order valence-electron chi connectivity index (χ2n) is 11.0. The highest BCUT2D eigenvalue weighted by atomic mass is 32.1. The molecule has 0 radical (unpaired) electrons. The molecule has 4 aliphatic carbocycles. The number of rotatable bonds is 2. The molecule has 1 aromatic carbocycles. The molecule has 2 N–H and O–H groups in total. The first-order valence-electron chi connectivity index (χ1n) is 10.9. The van der Waals surface area contributed by atoms with E-state index in [9.17, 15) is 0 Å². The predicted octanol–water partition coefficient (Wildman–Crippen LogP) is 4.91. The fourth-order valence-corrected chi connectivity index (χ4v) is 7.92. The van der Waals surface area contributed by atoms with Gasteiger partial charge in [0.25, 0.3) is 0 Å².